The largest absolute Gasteiger partial charge is 0.369 e. The number of rotatable bonds is 6. The van der Waals surface area contributed by atoms with Gasteiger partial charge in [0.1, 0.15) is 5.65 Å². The van der Waals surface area contributed by atoms with Gasteiger partial charge in [-0.25, -0.2) is 13.8 Å². The van der Waals surface area contributed by atoms with Crippen LogP contribution in [0, 0.1) is 5.92 Å². The van der Waals surface area contributed by atoms with Gasteiger partial charge in [0.2, 0.25) is 5.91 Å². The SMILES string of the molecule is O=C(C1CC1)N1CCN(c2ccnc3[nH]c(-c4ccc(N5CCN(CC(F)F)CC5)cc4)cc23)CC1. The summed E-state index contributed by atoms with van der Waals surface area (Å²) in [5, 5.41) is 1.09. The van der Waals surface area contributed by atoms with Gasteiger partial charge < -0.3 is 19.7 Å². The molecule has 6 rings (SSSR count). The second kappa shape index (κ2) is 9.69. The van der Waals surface area contributed by atoms with Gasteiger partial charge in [0, 0.05) is 86.9 Å². The van der Waals surface area contributed by atoms with Crippen LogP contribution in [-0.2, 0) is 4.79 Å². The van der Waals surface area contributed by atoms with E-state index < -0.39 is 6.43 Å². The Balaban J connectivity index is 1.14. The van der Waals surface area contributed by atoms with Crippen molar-refractivity contribution < 1.29 is 13.6 Å². The molecule has 36 heavy (non-hydrogen) atoms. The molecule has 7 nitrogen and oxygen atoms in total. The molecule has 1 N–H and O–H groups in total. The van der Waals surface area contributed by atoms with Crippen LogP contribution < -0.4 is 9.80 Å². The predicted molar refractivity (Wildman–Crippen MR) is 138 cm³/mol. The van der Waals surface area contributed by atoms with E-state index in [0.717, 1.165) is 85.8 Å². The van der Waals surface area contributed by atoms with Gasteiger partial charge in [-0.05, 0) is 42.7 Å². The number of amides is 1. The maximum absolute atomic E-state index is 12.6. The summed E-state index contributed by atoms with van der Waals surface area (Å²) in [6, 6.07) is 12.6. The molecule has 190 valence electrons. The number of halogens is 2. The minimum absolute atomic E-state index is 0.141. The van der Waals surface area contributed by atoms with Gasteiger partial charge in [-0.15, -0.1) is 0 Å². The first-order valence-corrected chi connectivity index (χ1v) is 12.9. The number of benzene rings is 1. The molecule has 4 heterocycles. The van der Waals surface area contributed by atoms with Gasteiger partial charge in [-0.1, -0.05) is 12.1 Å². The third-order valence-corrected chi connectivity index (χ3v) is 7.68. The predicted octanol–water partition coefficient (Wildman–Crippen LogP) is 3.68. The molecule has 0 unspecified atom stereocenters. The van der Waals surface area contributed by atoms with Crippen molar-refractivity contribution in [2.75, 3.05) is 68.7 Å². The van der Waals surface area contributed by atoms with Gasteiger partial charge >= 0.3 is 0 Å². The van der Waals surface area contributed by atoms with Crippen molar-refractivity contribution >= 4 is 28.3 Å². The molecule has 1 aliphatic carbocycles. The van der Waals surface area contributed by atoms with Crippen LogP contribution in [-0.4, -0.2) is 91.0 Å². The average Bonchev–Trinajstić information content (AvgIpc) is 3.66. The van der Waals surface area contributed by atoms with Crippen LogP contribution in [0.1, 0.15) is 12.8 Å². The summed E-state index contributed by atoms with van der Waals surface area (Å²) in [6.07, 6.45) is 1.67. The number of hydrogen-bond donors (Lipinski definition) is 1. The van der Waals surface area contributed by atoms with Gasteiger partial charge in [0.25, 0.3) is 6.43 Å². The number of piperazine rings is 2. The Morgan fingerprint density at radius 2 is 1.64 bits per heavy atom. The molecule has 1 aromatic carbocycles. The Labute approximate surface area is 209 Å². The van der Waals surface area contributed by atoms with Crippen molar-refractivity contribution in [2.24, 2.45) is 5.92 Å². The van der Waals surface area contributed by atoms with Gasteiger partial charge in [-0.3, -0.25) is 9.69 Å². The lowest BCUT2D eigenvalue weighted by Crippen LogP contribution is -2.49. The maximum Gasteiger partial charge on any atom is 0.251 e. The molecule has 1 saturated carbocycles. The van der Waals surface area contributed by atoms with Gasteiger partial charge in [0.15, 0.2) is 0 Å². The minimum atomic E-state index is -2.27. The Kier molecular flexibility index (Phi) is 6.25. The first-order valence-electron chi connectivity index (χ1n) is 12.9. The van der Waals surface area contributed by atoms with Gasteiger partial charge in [0.05, 0.1) is 6.54 Å². The molecule has 1 amide bonds. The third kappa shape index (κ3) is 4.76. The summed E-state index contributed by atoms with van der Waals surface area (Å²) in [6.45, 7) is 5.89. The van der Waals surface area contributed by atoms with E-state index in [1.165, 1.54) is 0 Å². The smallest absolute Gasteiger partial charge is 0.251 e. The number of carbonyl (C=O) groups is 1. The van der Waals surface area contributed by atoms with Crippen molar-refractivity contribution in [1.82, 2.24) is 19.8 Å². The number of aromatic amines is 1. The molecule has 0 atom stereocenters. The number of hydrogen-bond acceptors (Lipinski definition) is 5. The zero-order valence-corrected chi connectivity index (χ0v) is 20.4. The fourth-order valence-corrected chi connectivity index (χ4v) is 5.44. The summed E-state index contributed by atoms with van der Waals surface area (Å²) in [4.78, 5) is 28.9. The molecule has 2 aliphatic heterocycles. The zero-order chi connectivity index (χ0) is 24.6. The van der Waals surface area contributed by atoms with E-state index in [-0.39, 0.29) is 12.5 Å². The van der Waals surface area contributed by atoms with Crippen molar-refractivity contribution in [1.29, 1.82) is 0 Å². The molecular weight excluding hydrogens is 462 g/mol. The average molecular weight is 495 g/mol. The lowest BCUT2D eigenvalue weighted by Gasteiger charge is -2.36. The number of anilines is 2. The summed E-state index contributed by atoms with van der Waals surface area (Å²) in [5.74, 6) is 0.606. The van der Waals surface area contributed by atoms with E-state index >= 15 is 0 Å². The molecule has 0 spiro atoms. The van der Waals surface area contributed by atoms with E-state index in [1.54, 1.807) is 0 Å². The molecule has 9 heteroatoms. The summed E-state index contributed by atoms with van der Waals surface area (Å²) in [5.41, 5.74) is 5.22. The van der Waals surface area contributed by atoms with Crippen LogP contribution in [0.4, 0.5) is 20.2 Å². The van der Waals surface area contributed by atoms with Crippen LogP contribution in [0.3, 0.4) is 0 Å². The normalized spacial score (nSPS) is 19.5. The molecule has 3 aromatic rings. The van der Waals surface area contributed by atoms with Crippen LogP contribution >= 0.6 is 0 Å². The summed E-state index contributed by atoms with van der Waals surface area (Å²) in [7, 11) is 0. The number of alkyl halides is 2. The molecule has 2 aromatic heterocycles. The fourth-order valence-electron chi connectivity index (χ4n) is 5.44. The number of pyridine rings is 1. The first-order chi connectivity index (χ1) is 17.5. The lowest BCUT2D eigenvalue weighted by atomic mass is 10.1. The highest BCUT2D eigenvalue weighted by Gasteiger charge is 2.34. The molecule has 0 radical (unpaired) electrons. The molecular formula is C27H32F2N6O. The van der Waals surface area contributed by atoms with Crippen LogP contribution in [0.5, 0.6) is 0 Å². The third-order valence-electron chi connectivity index (χ3n) is 7.68. The van der Waals surface area contributed by atoms with E-state index in [0.29, 0.717) is 19.0 Å². The topological polar surface area (TPSA) is 58.7 Å². The Morgan fingerprint density at radius 3 is 2.31 bits per heavy atom. The van der Waals surface area contributed by atoms with Crippen molar-refractivity contribution in [3.8, 4) is 11.3 Å². The van der Waals surface area contributed by atoms with Crippen molar-refractivity contribution in [2.45, 2.75) is 19.3 Å². The first kappa shape index (κ1) is 23.2. The maximum atomic E-state index is 12.6. The fraction of sp³-hybridized carbons (Fsp3) is 0.481. The monoisotopic (exact) mass is 494 g/mol. The number of nitrogens with one attached hydrogen (secondary N) is 1. The standard InChI is InChI=1S/C27H32F2N6O/c28-25(29)18-32-9-11-33(12-10-32)21-5-3-19(4-6-21)23-17-22-24(7-8-30-26(22)31-23)34-13-15-35(16-14-34)27(36)20-1-2-20/h3-8,17,20,25H,1-2,9-16,18H2,(H,30,31). The molecule has 0 bridgehead atoms. The van der Waals surface area contributed by atoms with E-state index in [2.05, 4.69) is 56.2 Å². The number of aromatic nitrogens is 2. The summed E-state index contributed by atoms with van der Waals surface area (Å²) < 4.78 is 25.3. The van der Waals surface area contributed by atoms with E-state index in [1.807, 2.05) is 16.0 Å². The molecule has 2 saturated heterocycles. The second-order valence-electron chi connectivity index (χ2n) is 10.1. The Hall–Kier alpha value is -3.20. The van der Waals surface area contributed by atoms with E-state index in [9.17, 15) is 13.6 Å². The Bertz CT molecular complexity index is 1210. The molecule has 3 fully saturated rings. The highest BCUT2D eigenvalue weighted by atomic mass is 19.3. The quantitative estimate of drug-likeness (QED) is 0.567. The second-order valence-corrected chi connectivity index (χ2v) is 10.1. The molecule has 3 aliphatic rings. The Morgan fingerprint density at radius 1 is 0.944 bits per heavy atom. The van der Waals surface area contributed by atoms with Crippen LogP contribution in [0.15, 0.2) is 42.6 Å². The lowest BCUT2D eigenvalue weighted by molar-refractivity contribution is -0.132. The van der Waals surface area contributed by atoms with E-state index in [4.69, 9.17) is 0 Å². The highest BCUT2D eigenvalue weighted by molar-refractivity contribution is 5.94. The van der Waals surface area contributed by atoms with Crippen LogP contribution in [0.2, 0.25) is 0 Å². The minimum Gasteiger partial charge on any atom is -0.369 e. The van der Waals surface area contributed by atoms with Crippen LogP contribution in [0.25, 0.3) is 22.3 Å². The number of H-pyrrole nitrogens is 1. The number of nitrogens with zero attached hydrogens (tertiary/aromatic N) is 5. The highest BCUT2D eigenvalue weighted by Crippen LogP contribution is 2.34. The number of carbonyl (C=O) groups excluding carboxylic acids is 1. The number of fused-ring (bicyclic) bond motifs is 1. The van der Waals surface area contributed by atoms with Crippen molar-refractivity contribution in [3.63, 3.8) is 0 Å². The van der Waals surface area contributed by atoms with Gasteiger partial charge in [-0.2, -0.15) is 0 Å². The van der Waals surface area contributed by atoms with Crippen molar-refractivity contribution in [3.05, 3.63) is 42.6 Å². The summed E-state index contributed by atoms with van der Waals surface area (Å²) >= 11 is 0. The zero-order valence-electron chi connectivity index (χ0n) is 20.4.